The number of para-hydroxylation sites is 1. The molecular weight excluding hydrogens is 431 g/mol. The number of alkyl halides is 1. The van der Waals surface area contributed by atoms with Crippen molar-refractivity contribution in [3.05, 3.63) is 59.7 Å². The SMILES string of the molecule is COc1ccc(Cc2ccccc2OC2OC(COC(C)=O)C(F)C(OC(C)=O)C2C)cc1. The number of rotatable bonds is 8. The fraction of sp³-hybridized carbons (Fsp3) is 0.440. The average molecular weight is 460 g/mol. The minimum absolute atomic E-state index is 0.311. The van der Waals surface area contributed by atoms with E-state index in [2.05, 4.69) is 0 Å². The number of methoxy groups -OCH3 is 1. The summed E-state index contributed by atoms with van der Waals surface area (Å²) in [6.45, 7) is 3.83. The van der Waals surface area contributed by atoms with E-state index in [1.807, 2.05) is 42.5 Å². The fourth-order valence-electron chi connectivity index (χ4n) is 3.71. The number of benzene rings is 2. The number of hydrogen-bond donors (Lipinski definition) is 0. The lowest BCUT2D eigenvalue weighted by Crippen LogP contribution is -2.56. The third kappa shape index (κ3) is 6.44. The molecule has 178 valence electrons. The Kier molecular flexibility index (Phi) is 8.27. The van der Waals surface area contributed by atoms with E-state index in [0.717, 1.165) is 16.9 Å². The summed E-state index contributed by atoms with van der Waals surface area (Å²) < 4.78 is 42.5. The lowest BCUT2D eigenvalue weighted by atomic mass is 9.93. The lowest BCUT2D eigenvalue weighted by molar-refractivity contribution is -0.249. The first-order chi connectivity index (χ1) is 15.8. The molecule has 1 saturated heterocycles. The van der Waals surface area contributed by atoms with Gasteiger partial charge in [0, 0.05) is 20.3 Å². The topological polar surface area (TPSA) is 80.3 Å². The molecule has 0 saturated carbocycles. The first-order valence-electron chi connectivity index (χ1n) is 10.8. The molecule has 2 aromatic rings. The zero-order chi connectivity index (χ0) is 24.0. The van der Waals surface area contributed by atoms with Gasteiger partial charge in [-0.25, -0.2) is 4.39 Å². The molecule has 0 aromatic heterocycles. The van der Waals surface area contributed by atoms with Gasteiger partial charge in [-0.05, 0) is 29.3 Å². The van der Waals surface area contributed by atoms with Crippen molar-refractivity contribution in [2.45, 2.75) is 51.9 Å². The van der Waals surface area contributed by atoms with Gasteiger partial charge in [0.1, 0.15) is 30.3 Å². The zero-order valence-electron chi connectivity index (χ0n) is 19.2. The molecule has 0 N–H and O–H groups in total. The zero-order valence-corrected chi connectivity index (χ0v) is 19.2. The van der Waals surface area contributed by atoms with Gasteiger partial charge < -0.3 is 23.7 Å². The maximum absolute atomic E-state index is 15.1. The van der Waals surface area contributed by atoms with Crippen LogP contribution in [0.1, 0.15) is 31.9 Å². The Hall–Kier alpha value is -3.13. The van der Waals surface area contributed by atoms with Gasteiger partial charge in [0.05, 0.1) is 13.0 Å². The summed E-state index contributed by atoms with van der Waals surface area (Å²) in [5, 5.41) is 0. The maximum atomic E-state index is 15.1. The predicted octanol–water partition coefficient (Wildman–Crippen LogP) is 3.86. The van der Waals surface area contributed by atoms with Crippen molar-refractivity contribution in [2.75, 3.05) is 13.7 Å². The van der Waals surface area contributed by atoms with Crippen molar-refractivity contribution in [2.24, 2.45) is 5.92 Å². The van der Waals surface area contributed by atoms with Crippen LogP contribution >= 0.6 is 0 Å². The average Bonchev–Trinajstić information content (AvgIpc) is 2.79. The van der Waals surface area contributed by atoms with E-state index < -0.39 is 42.5 Å². The molecule has 33 heavy (non-hydrogen) atoms. The number of carbonyl (C=O) groups excluding carboxylic acids is 2. The summed E-state index contributed by atoms with van der Waals surface area (Å²) in [4.78, 5) is 22.8. The van der Waals surface area contributed by atoms with Gasteiger partial charge in [-0.2, -0.15) is 0 Å². The van der Waals surface area contributed by atoms with Crippen LogP contribution in [0.5, 0.6) is 11.5 Å². The van der Waals surface area contributed by atoms with E-state index in [0.29, 0.717) is 12.2 Å². The highest BCUT2D eigenvalue weighted by Gasteiger charge is 2.48. The van der Waals surface area contributed by atoms with Crippen LogP contribution in [0.15, 0.2) is 48.5 Å². The molecule has 1 heterocycles. The summed E-state index contributed by atoms with van der Waals surface area (Å²) in [6.07, 6.45) is -4.22. The fourth-order valence-corrected chi connectivity index (χ4v) is 3.71. The molecule has 0 amide bonds. The van der Waals surface area contributed by atoms with Crippen molar-refractivity contribution >= 4 is 11.9 Å². The molecule has 1 aliphatic heterocycles. The number of hydrogen-bond acceptors (Lipinski definition) is 7. The molecule has 8 heteroatoms. The van der Waals surface area contributed by atoms with Crippen LogP contribution in [0.4, 0.5) is 4.39 Å². The van der Waals surface area contributed by atoms with Crippen molar-refractivity contribution in [3.8, 4) is 11.5 Å². The molecular formula is C25H29FO7. The molecule has 5 unspecified atom stereocenters. The predicted molar refractivity (Wildman–Crippen MR) is 118 cm³/mol. The standard InChI is InChI=1S/C25H29FO7/c1-15-24(31-17(3)28)23(26)22(14-30-16(2)27)33-25(15)32-21-8-6-5-7-19(21)13-18-9-11-20(29-4)12-10-18/h5-12,15,22-25H,13-14H2,1-4H3. The highest BCUT2D eigenvalue weighted by molar-refractivity contribution is 5.66. The molecule has 0 aliphatic carbocycles. The number of carbonyl (C=O) groups is 2. The number of halogens is 1. The third-order valence-electron chi connectivity index (χ3n) is 5.45. The highest BCUT2D eigenvalue weighted by atomic mass is 19.1. The monoisotopic (exact) mass is 460 g/mol. The highest BCUT2D eigenvalue weighted by Crippen LogP contribution is 2.34. The lowest BCUT2D eigenvalue weighted by Gasteiger charge is -2.41. The molecule has 0 radical (unpaired) electrons. The number of ether oxygens (including phenoxy) is 5. The van der Waals surface area contributed by atoms with E-state index in [1.54, 1.807) is 20.1 Å². The number of esters is 2. The summed E-state index contributed by atoms with van der Waals surface area (Å²) >= 11 is 0. The Balaban J connectivity index is 1.80. The molecule has 5 atom stereocenters. The van der Waals surface area contributed by atoms with Crippen LogP contribution in [0.3, 0.4) is 0 Å². The largest absolute Gasteiger partial charge is 0.497 e. The Morgan fingerprint density at radius 1 is 1.03 bits per heavy atom. The normalized spacial score (nSPS) is 24.6. The van der Waals surface area contributed by atoms with Crippen molar-refractivity contribution in [1.82, 2.24) is 0 Å². The Bertz CT molecular complexity index is 946. The maximum Gasteiger partial charge on any atom is 0.303 e. The van der Waals surface area contributed by atoms with E-state index >= 15 is 4.39 Å². The minimum atomic E-state index is -1.67. The molecule has 7 nitrogen and oxygen atoms in total. The van der Waals surface area contributed by atoms with Gasteiger partial charge in [-0.3, -0.25) is 9.59 Å². The molecule has 0 spiro atoms. The van der Waals surface area contributed by atoms with Crippen molar-refractivity contribution in [3.63, 3.8) is 0 Å². The van der Waals surface area contributed by atoms with Crippen molar-refractivity contribution < 1.29 is 37.7 Å². The van der Waals surface area contributed by atoms with E-state index in [1.165, 1.54) is 13.8 Å². The third-order valence-corrected chi connectivity index (χ3v) is 5.45. The van der Waals surface area contributed by atoms with Crippen LogP contribution in [0.25, 0.3) is 0 Å². The summed E-state index contributed by atoms with van der Waals surface area (Å²) in [6, 6.07) is 15.2. The van der Waals surface area contributed by atoms with Crippen LogP contribution in [-0.2, 0) is 30.2 Å². The molecule has 1 fully saturated rings. The Morgan fingerprint density at radius 3 is 2.36 bits per heavy atom. The first kappa shape index (κ1) is 24.5. The van der Waals surface area contributed by atoms with E-state index in [9.17, 15) is 9.59 Å². The van der Waals surface area contributed by atoms with Crippen molar-refractivity contribution in [1.29, 1.82) is 0 Å². The van der Waals surface area contributed by atoms with Crippen LogP contribution < -0.4 is 9.47 Å². The van der Waals surface area contributed by atoms with Crippen LogP contribution in [0, 0.1) is 5.92 Å². The molecule has 2 aromatic carbocycles. The van der Waals surface area contributed by atoms with Gasteiger partial charge in [0.25, 0.3) is 0 Å². The summed E-state index contributed by atoms with van der Waals surface area (Å²) in [5.41, 5.74) is 1.96. The second-order valence-corrected chi connectivity index (χ2v) is 7.97. The summed E-state index contributed by atoms with van der Waals surface area (Å²) in [7, 11) is 1.61. The smallest absolute Gasteiger partial charge is 0.303 e. The second-order valence-electron chi connectivity index (χ2n) is 7.97. The quantitative estimate of drug-likeness (QED) is 0.554. The van der Waals surface area contributed by atoms with Gasteiger partial charge in [-0.15, -0.1) is 0 Å². The van der Waals surface area contributed by atoms with Crippen LogP contribution in [0.2, 0.25) is 0 Å². The summed E-state index contributed by atoms with van der Waals surface area (Å²) in [5.74, 6) is -0.442. The van der Waals surface area contributed by atoms with Gasteiger partial charge in [0.15, 0.2) is 6.17 Å². The second kappa shape index (κ2) is 11.1. The first-order valence-corrected chi connectivity index (χ1v) is 10.8. The minimum Gasteiger partial charge on any atom is -0.497 e. The van der Waals surface area contributed by atoms with Crippen LogP contribution in [-0.4, -0.2) is 50.3 Å². The molecule has 3 rings (SSSR count). The van der Waals surface area contributed by atoms with Gasteiger partial charge in [0.2, 0.25) is 6.29 Å². The Labute approximate surface area is 192 Å². The Morgan fingerprint density at radius 2 is 1.73 bits per heavy atom. The van der Waals surface area contributed by atoms with Gasteiger partial charge >= 0.3 is 11.9 Å². The van der Waals surface area contributed by atoms with E-state index in [-0.39, 0.29) is 6.61 Å². The molecule has 0 bridgehead atoms. The van der Waals surface area contributed by atoms with Gasteiger partial charge in [-0.1, -0.05) is 37.3 Å². The molecule has 1 aliphatic rings. The van der Waals surface area contributed by atoms with E-state index in [4.69, 9.17) is 23.7 Å².